The molecule has 2 aromatic carbocycles. The van der Waals surface area contributed by atoms with Crippen LogP contribution in [-0.2, 0) is 0 Å². The van der Waals surface area contributed by atoms with Crippen LogP contribution in [0.25, 0.3) is 28.0 Å². The molecule has 2 N–H and O–H groups in total. The number of pyridine rings is 1. The van der Waals surface area contributed by atoms with E-state index < -0.39 is 5.54 Å². The smallest absolute Gasteiger partial charge is 0.270 e. The molecule has 40 heavy (non-hydrogen) atoms. The maximum absolute atomic E-state index is 13.6. The number of allylic oxidation sites excluding steroid dienone is 3. The van der Waals surface area contributed by atoms with Crippen molar-refractivity contribution in [1.29, 1.82) is 0 Å². The summed E-state index contributed by atoms with van der Waals surface area (Å²) in [7, 11) is 1.56. The van der Waals surface area contributed by atoms with Gasteiger partial charge in [-0.15, -0.1) is 0 Å². The van der Waals surface area contributed by atoms with Crippen LogP contribution in [-0.4, -0.2) is 33.8 Å². The lowest BCUT2D eigenvalue weighted by Gasteiger charge is -2.28. The summed E-state index contributed by atoms with van der Waals surface area (Å²) < 4.78 is 15.3. The molecule has 4 rings (SSSR count). The average molecular weight is 537 g/mol. The summed E-state index contributed by atoms with van der Waals surface area (Å²) in [6.45, 7) is 11.6. The van der Waals surface area contributed by atoms with Crippen LogP contribution in [0.15, 0.2) is 97.3 Å². The Morgan fingerprint density at radius 3 is 2.38 bits per heavy atom. The Kier molecular flexibility index (Phi) is 8.14. The van der Waals surface area contributed by atoms with E-state index in [0.29, 0.717) is 28.2 Å². The fourth-order valence-corrected chi connectivity index (χ4v) is 4.63. The molecule has 6 nitrogen and oxygen atoms in total. The summed E-state index contributed by atoms with van der Waals surface area (Å²) in [5.41, 5.74) is 5.43. The summed E-state index contributed by atoms with van der Waals surface area (Å²) >= 11 is 0. The van der Waals surface area contributed by atoms with E-state index in [4.69, 9.17) is 0 Å². The highest BCUT2D eigenvalue weighted by Gasteiger charge is 2.25. The minimum atomic E-state index is -0.627. The second kappa shape index (κ2) is 11.5. The second-order valence-electron chi connectivity index (χ2n) is 10.0. The number of fused-ring (bicyclic) bond motifs is 1. The molecule has 0 aliphatic rings. The number of imidazole rings is 1. The van der Waals surface area contributed by atoms with Gasteiger partial charge in [-0.05, 0) is 98.5 Å². The molecule has 2 aromatic heterocycles. The van der Waals surface area contributed by atoms with Crippen molar-refractivity contribution < 1.29 is 14.0 Å². The molecular formula is C33H33FN4O2. The van der Waals surface area contributed by atoms with Crippen molar-refractivity contribution in [3.8, 4) is 22.4 Å². The Labute approximate surface area is 234 Å². The molecule has 0 unspecified atom stereocenters. The molecule has 204 valence electrons. The minimum Gasteiger partial charge on any atom is -0.354 e. The molecule has 0 saturated heterocycles. The zero-order valence-electron chi connectivity index (χ0n) is 23.4. The zero-order valence-corrected chi connectivity index (χ0v) is 23.4. The first-order valence-electron chi connectivity index (χ1n) is 13.0. The van der Waals surface area contributed by atoms with Gasteiger partial charge in [-0.1, -0.05) is 36.9 Å². The van der Waals surface area contributed by atoms with Crippen molar-refractivity contribution >= 4 is 17.5 Å². The third-order valence-electron chi connectivity index (χ3n) is 6.78. The van der Waals surface area contributed by atoms with Gasteiger partial charge in [0.15, 0.2) is 0 Å². The fraction of sp³-hybridized carbons (Fsp3) is 0.182. The number of benzene rings is 2. The fourth-order valence-electron chi connectivity index (χ4n) is 4.63. The maximum atomic E-state index is 13.6. The average Bonchev–Trinajstić information content (AvgIpc) is 3.31. The van der Waals surface area contributed by atoms with E-state index in [0.717, 1.165) is 22.3 Å². The van der Waals surface area contributed by atoms with E-state index in [1.165, 1.54) is 12.1 Å². The predicted octanol–water partition coefficient (Wildman–Crippen LogP) is 6.67. The zero-order chi connectivity index (χ0) is 29.0. The largest absolute Gasteiger partial charge is 0.354 e. The Balaban J connectivity index is 1.77. The van der Waals surface area contributed by atoms with Crippen molar-refractivity contribution in [1.82, 2.24) is 20.0 Å². The van der Waals surface area contributed by atoms with Gasteiger partial charge in [-0.25, -0.2) is 9.37 Å². The number of nitrogens with zero attached hydrogens (tertiary/aromatic N) is 2. The Morgan fingerprint density at radius 1 is 1.02 bits per heavy atom. The number of hydrogen-bond acceptors (Lipinski definition) is 3. The van der Waals surface area contributed by atoms with Crippen molar-refractivity contribution in [2.75, 3.05) is 7.05 Å². The van der Waals surface area contributed by atoms with Gasteiger partial charge in [0.1, 0.15) is 22.9 Å². The number of aromatic nitrogens is 2. The molecule has 0 aliphatic carbocycles. The molecule has 0 saturated carbocycles. The highest BCUT2D eigenvalue weighted by molar-refractivity contribution is 6.00. The van der Waals surface area contributed by atoms with Gasteiger partial charge in [-0.3, -0.25) is 14.0 Å². The summed E-state index contributed by atoms with van der Waals surface area (Å²) in [5, 5.41) is 5.81. The Bertz CT molecular complexity index is 1660. The van der Waals surface area contributed by atoms with Gasteiger partial charge in [0.25, 0.3) is 11.8 Å². The van der Waals surface area contributed by atoms with Crippen LogP contribution in [0.1, 0.15) is 47.2 Å². The van der Waals surface area contributed by atoms with Crippen LogP contribution in [0.5, 0.6) is 0 Å². The molecule has 2 heterocycles. The summed E-state index contributed by atoms with van der Waals surface area (Å²) in [5.74, 6) is -0.895. The van der Waals surface area contributed by atoms with E-state index in [9.17, 15) is 14.0 Å². The number of carbonyl (C=O) groups is 2. The predicted molar refractivity (Wildman–Crippen MR) is 159 cm³/mol. The topological polar surface area (TPSA) is 75.5 Å². The van der Waals surface area contributed by atoms with Crippen LogP contribution in [0, 0.1) is 12.7 Å². The molecule has 4 aromatic rings. The van der Waals surface area contributed by atoms with E-state index in [1.54, 1.807) is 35.7 Å². The monoisotopic (exact) mass is 536 g/mol. The molecule has 0 atom stereocenters. The molecule has 0 bridgehead atoms. The van der Waals surface area contributed by atoms with Crippen molar-refractivity contribution in [3.63, 3.8) is 0 Å². The quantitative estimate of drug-likeness (QED) is 0.247. The molecule has 0 fully saturated rings. The van der Waals surface area contributed by atoms with Crippen molar-refractivity contribution in [2.24, 2.45) is 0 Å². The third-order valence-corrected chi connectivity index (χ3v) is 6.78. The molecule has 0 aliphatic heterocycles. The van der Waals surface area contributed by atoms with E-state index in [-0.39, 0.29) is 17.6 Å². The number of rotatable bonds is 8. The summed E-state index contributed by atoms with van der Waals surface area (Å²) in [6, 6.07) is 15.2. The molecule has 7 heteroatoms. The maximum Gasteiger partial charge on any atom is 0.270 e. The minimum absolute atomic E-state index is 0.209. The van der Waals surface area contributed by atoms with Gasteiger partial charge in [0.05, 0.1) is 5.54 Å². The van der Waals surface area contributed by atoms with E-state index >= 15 is 0 Å². The Morgan fingerprint density at radius 2 is 1.73 bits per heavy atom. The van der Waals surface area contributed by atoms with Gasteiger partial charge >= 0.3 is 0 Å². The SMILES string of the molecule is C=CC=C(C=CC)C(C)(C)NC(=O)c1ccc(C)c(-c2ccc3nc(-c4ccc(F)cc4)c(C(=O)NC)n3c2)c1. The van der Waals surface area contributed by atoms with Gasteiger partial charge in [0, 0.05) is 24.4 Å². The number of halogens is 1. The van der Waals surface area contributed by atoms with Gasteiger partial charge in [0.2, 0.25) is 0 Å². The molecule has 0 spiro atoms. The first-order valence-corrected chi connectivity index (χ1v) is 13.0. The lowest BCUT2D eigenvalue weighted by molar-refractivity contribution is 0.0923. The molecular weight excluding hydrogens is 503 g/mol. The summed E-state index contributed by atoms with van der Waals surface area (Å²) in [4.78, 5) is 31.0. The lowest BCUT2D eigenvalue weighted by Crippen LogP contribution is -2.44. The van der Waals surface area contributed by atoms with E-state index in [2.05, 4.69) is 22.2 Å². The number of nitrogens with one attached hydrogen (secondary N) is 2. The number of amides is 2. The summed E-state index contributed by atoms with van der Waals surface area (Å²) in [6.07, 6.45) is 9.30. The van der Waals surface area contributed by atoms with Crippen molar-refractivity contribution in [3.05, 3.63) is 120 Å². The first kappa shape index (κ1) is 28.2. The molecule has 2 amide bonds. The van der Waals surface area contributed by atoms with Crippen LogP contribution in [0.4, 0.5) is 4.39 Å². The normalized spacial score (nSPS) is 12.1. The third kappa shape index (κ3) is 5.64. The second-order valence-corrected chi connectivity index (χ2v) is 10.0. The first-order chi connectivity index (χ1) is 19.1. The highest BCUT2D eigenvalue weighted by Crippen LogP contribution is 2.30. The van der Waals surface area contributed by atoms with Crippen LogP contribution in [0.3, 0.4) is 0 Å². The van der Waals surface area contributed by atoms with E-state index in [1.807, 2.05) is 76.4 Å². The molecule has 0 radical (unpaired) electrons. The van der Waals surface area contributed by atoms with Crippen LogP contribution >= 0.6 is 0 Å². The number of aryl methyl sites for hydroxylation is 1. The Hall–Kier alpha value is -4.78. The highest BCUT2D eigenvalue weighted by atomic mass is 19.1. The lowest BCUT2D eigenvalue weighted by atomic mass is 9.92. The van der Waals surface area contributed by atoms with Crippen molar-refractivity contribution in [2.45, 2.75) is 33.2 Å². The van der Waals surface area contributed by atoms with Gasteiger partial charge < -0.3 is 10.6 Å². The number of carbonyl (C=O) groups excluding carboxylic acids is 2. The van der Waals surface area contributed by atoms with Crippen LogP contribution < -0.4 is 10.6 Å². The number of hydrogen-bond donors (Lipinski definition) is 2. The standard InChI is InChI=1S/C33H33FN4O2/c1-7-9-25(10-8-2)33(4,5)37-31(39)23-12-11-21(3)27(19-23)24-15-18-28-36-29(22-13-16-26(34)17-14-22)30(32(40)35-6)38(28)20-24/h7-20H,1H2,2-6H3,(H,35,40)(H,37,39). The van der Waals surface area contributed by atoms with Crippen LogP contribution in [0.2, 0.25) is 0 Å². The van der Waals surface area contributed by atoms with Gasteiger partial charge in [-0.2, -0.15) is 0 Å².